The number of benzene rings is 1. The molecule has 0 aliphatic carbocycles. The number of rotatable bonds is 4. The normalized spacial score (nSPS) is 19.2. The number of imidazole rings is 1. The first-order valence-electron chi connectivity index (χ1n) is 6.30. The molecule has 1 unspecified atom stereocenters. The second-order valence-electron chi connectivity index (χ2n) is 4.58. The first-order valence-corrected chi connectivity index (χ1v) is 6.30. The van der Waals surface area contributed by atoms with Crippen molar-refractivity contribution in [2.24, 2.45) is 0 Å². The molecule has 1 atom stereocenters. The summed E-state index contributed by atoms with van der Waals surface area (Å²) in [5.41, 5.74) is 2.44. The van der Waals surface area contributed by atoms with Gasteiger partial charge in [-0.1, -0.05) is 12.1 Å². The molecule has 0 spiro atoms. The van der Waals surface area contributed by atoms with Gasteiger partial charge in [0.15, 0.2) is 0 Å². The molecule has 2 aromatic rings. The van der Waals surface area contributed by atoms with Crippen molar-refractivity contribution in [2.45, 2.75) is 19.0 Å². The maximum atomic E-state index is 5.34. The topological polar surface area (TPSA) is 39.1 Å². The van der Waals surface area contributed by atoms with Gasteiger partial charge in [-0.15, -0.1) is 0 Å². The van der Waals surface area contributed by atoms with E-state index < -0.39 is 0 Å². The van der Waals surface area contributed by atoms with Crippen LogP contribution in [0.2, 0.25) is 0 Å². The molecule has 0 saturated carbocycles. The average molecular weight is 243 g/mol. The highest BCUT2D eigenvalue weighted by atomic mass is 16.5. The summed E-state index contributed by atoms with van der Waals surface area (Å²) in [6.45, 7) is 2.63. The van der Waals surface area contributed by atoms with Crippen LogP contribution in [0.3, 0.4) is 0 Å². The zero-order valence-electron chi connectivity index (χ0n) is 10.2. The molecule has 4 heteroatoms. The molecule has 1 aliphatic heterocycles. The smallest absolute Gasteiger partial charge is 0.0991 e. The third-order valence-corrected chi connectivity index (χ3v) is 3.26. The standard InChI is InChI=1S/C14H17N3O/c1-3-14(17-7-6-15-11-17)4-2-12(1)9-16-13-5-8-18-10-13/h1-4,6-7,11,13,16H,5,8-10H2. The molecule has 1 aromatic heterocycles. The molecule has 1 fully saturated rings. The fraction of sp³-hybridized carbons (Fsp3) is 0.357. The molecule has 1 aromatic carbocycles. The summed E-state index contributed by atoms with van der Waals surface area (Å²) in [5.74, 6) is 0. The second kappa shape index (κ2) is 5.33. The Hall–Kier alpha value is -1.65. The van der Waals surface area contributed by atoms with Gasteiger partial charge in [0.25, 0.3) is 0 Å². The van der Waals surface area contributed by atoms with E-state index in [2.05, 4.69) is 34.6 Å². The van der Waals surface area contributed by atoms with Crippen molar-refractivity contribution in [1.82, 2.24) is 14.9 Å². The summed E-state index contributed by atoms with van der Waals surface area (Å²) >= 11 is 0. The van der Waals surface area contributed by atoms with Crippen LogP contribution < -0.4 is 5.32 Å². The van der Waals surface area contributed by atoms with Gasteiger partial charge in [-0.2, -0.15) is 0 Å². The van der Waals surface area contributed by atoms with Crippen LogP contribution in [-0.2, 0) is 11.3 Å². The van der Waals surface area contributed by atoms with Crippen LogP contribution in [0.5, 0.6) is 0 Å². The number of hydrogen-bond acceptors (Lipinski definition) is 3. The van der Waals surface area contributed by atoms with Gasteiger partial charge in [0.2, 0.25) is 0 Å². The van der Waals surface area contributed by atoms with Crippen molar-refractivity contribution in [2.75, 3.05) is 13.2 Å². The summed E-state index contributed by atoms with van der Waals surface area (Å²) in [4.78, 5) is 4.05. The Bertz CT molecular complexity index is 472. The van der Waals surface area contributed by atoms with Gasteiger partial charge in [-0.3, -0.25) is 0 Å². The van der Waals surface area contributed by atoms with Gasteiger partial charge in [-0.05, 0) is 24.1 Å². The molecular weight excluding hydrogens is 226 g/mol. The number of hydrogen-bond donors (Lipinski definition) is 1. The first kappa shape index (κ1) is 11.4. The Morgan fingerprint density at radius 3 is 2.89 bits per heavy atom. The molecule has 94 valence electrons. The maximum absolute atomic E-state index is 5.34. The predicted octanol–water partition coefficient (Wildman–Crippen LogP) is 1.75. The highest BCUT2D eigenvalue weighted by Crippen LogP contribution is 2.10. The molecule has 1 N–H and O–H groups in total. The SMILES string of the molecule is c1cn(-c2ccc(CNC3CCOC3)cc2)cn1. The van der Waals surface area contributed by atoms with Crippen LogP contribution in [0, 0.1) is 0 Å². The molecule has 0 radical (unpaired) electrons. The third kappa shape index (κ3) is 2.60. The minimum atomic E-state index is 0.512. The van der Waals surface area contributed by atoms with Crippen LogP contribution in [0.1, 0.15) is 12.0 Å². The van der Waals surface area contributed by atoms with E-state index in [0.29, 0.717) is 6.04 Å². The van der Waals surface area contributed by atoms with Gasteiger partial charge < -0.3 is 14.6 Å². The lowest BCUT2D eigenvalue weighted by molar-refractivity contribution is 0.190. The first-order chi connectivity index (χ1) is 8.92. The predicted molar refractivity (Wildman–Crippen MR) is 69.6 cm³/mol. The van der Waals surface area contributed by atoms with E-state index in [0.717, 1.165) is 31.9 Å². The third-order valence-electron chi connectivity index (χ3n) is 3.26. The summed E-state index contributed by atoms with van der Waals surface area (Å²) in [6, 6.07) is 9.04. The monoisotopic (exact) mass is 243 g/mol. The summed E-state index contributed by atoms with van der Waals surface area (Å²) in [6.07, 6.45) is 6.66. The zero-order chi connectivity index (χ0) is 12.2. The maximum Gasteiger partial charge on any atom is 0.0991 e. The summed E-state index contributed by atoms with van der Waals surface area (Å²) in [7, 11) is 0. The van der Waals surface area contributed by atoms with E-state index in [1.54, 1.807) is 6.20 Å². The number of nitrogens with zero attached hydrogens (tertiary/aromatic N) is 2. The van der Waals surface area contributed by atoms with Crippen LogP contribution in [-0.4, -0.2) is 28.8 Å². The summed E-state index contributed by atoms with van der Waals surface area (Å²) < 4.78 is 7.34. The van der Waals surface area contributed by atoms with Crippen molar-refractivity contribution in [3.05, 3.63) is 48.5 Å². The number of aromatic nitrogens is 2. The molecule has 4 nitrogen and oxygen atoms in total. The molecule has 1 saturated heterocycles. The highest BCUT2D eigenvalue weighted by Gasteiger charge is 2.14. The quantitative estimate of drug-likeness (QED) is 0.889. The molecule has 1 aliphatic rings. The largest absolute Gasteiger partial charge is 0.380 e. The van der Waals surface area contributed by atoms with Gasteiger partial charge >= 0.3 is 0 Å². The van der Waals surface area contributed by atoms with E-state index in [4.69, 9.17) is 4.74 Å². The minimum absolute atomic E-state index is 0.512. The van der Waals surface area contributed by atoms with Crippen molar-refractivity contribution >= 4 is 0 Å². The van der Waals surface area contributed by atoms with E-state index in [-0.39, 0.29) is 0 Å². The number of nitrogens with one attached hydrogen (secondary N) is 1. The van der Waals surface area contributed by atoms with Gasteiger partial charge in [0.1, 0.15) is 0 Å². The lowest BCUT2D eigenvalue weighted by Gasteiger charge is -2.10. The summed E-state index contributed by atoms with van der Waals surface area (Å²) in [5, 5.41) is 3.51. The lowest BCUT2D eigenvalue weighted by Crippen LogP contribution is -2.28. The Labute approximate surface area is 107 Å². The van der Waals surface area contributed by atoms with Crippen molar-refractivity contribution < 1.29 is 4.74 Å². The van der Waals surface area contributed by atoms with E-state index in [1.807, 2.05) is 17.1 Å². The molecule has 2 heterocycles. The van der Waals surface area contributed by atoms with Crippen LogP contribution in [0.4, 0.5) is 0 Å². The Balaban J connectivity index is 1.60. The fourth-order valence-electron chi connectivity index (χ4n) is 2.16. The molecular formula is C14H17N3O. The van der Waals surface area contributed by atoms with E-state index in [1.165, 1.54) is 5.56 Å². The lowest BCUT2D eigenvalue weighted by atomic mass is 10.2. The molecule has 0 bridgehead atoms. The number of ether oxygens (including phenoxy) is 1. The Morgan fingerprint density at radius 1 is 1.33 bits per heavy atom. The molecule has 3 rings (SSSR count). The van der Waals surface area contributed by atoms with Crippen molar-refractivity contribution in [1.29, 1.82) is 0 Å². The molecule has 0 amide bonds. The van der Waals surface area contributed by atoms with E-state index >= 15 is 0 Å². The van der Waals surface area contributed by atoms with Gasteiger partial charge in [0.05, 0.1) is 12.9 Å². The zero-order valence-corrected chi connectivity index (χ0v) is 10.2. The van der Waals surface area contributed by atoms with Crippen LogP contribution >= 0.6 is 0 Å². The van der Waals surface area contributed by atoms with Crippen LogP contribution in [0.25, 0.3) is 5.69 Å². The van der Waals surface area contributed by atoms with Gasteiger partial charge in [-0.25, -0.2) is 4.98 Å². The second-order valence-corrected chi connectivity index (χ2v) is 4.58. The van der Waals surface area contributed by atoms with Crippen molar-refractivity contribution in [3.63, 3.8) is 0 Å². The minimum Gasteiger partial charge on any atom is -0.380 e. The van der Waals surface area contributed by atoms with Gasteiger partial charge in [0, 0.05) is 37.3 Å². The van der Waals surface area contributed by atoms with Crippen molar-refractivity contribution in [3.8, 4) is 5.69 Å². The Kier molecular flexibility index (Phi) is 3.39. The fourth-order valence-corrected chi connectivity index (χ4v) is 2.16. The molecule has 18 heavy (non-hydrogen) atoms. The van der Waals surface area contributed by atoms with E-state index in [9.17, 15) is 0 Å². The Morgan fingerprint density at radius 2 is 2.22 bits per heavy atom. The van der Waals surface area contributed by atoms with Crippen LogP contribution in [0.15, 0.2) is 43.0 Å². The average Bonchev–Trinajstić information content (AvgIpc) is 3.10. The highest BCUT2D eigenvalue weighted by molar-refractivity contribution is 5.34.